The van der Waals surface area contributed by atoms with E-state index in [0.29, 0.717) is 6.42 Å². The number of rotatable bonds is 6. The summed E-state index contributed by atoms with van der Waals surface area (Å²) in [4.78, 5) is 13.8. The predicted octanol–water partition coefficient (Wildman–Crippen LogP) is 6.99. The number of alkyl halides is 3. The summed E-state index contributed by atoms with van der Waals surface area (Å²) >= 11 is -0.500. The first-order valence-electron chi connectivity index (χ1n) is 11.3. The van der Waals surface area contributed by atoms with E-state index in [9.17, 15) is 18.0 Å². The smallest absolute Gasteiger partial charge is 0.466 e. The molecular weight excluding hydrogens is 475 g/mol. The Kier molecular flexibility index (Phi) is 7.60. The minimum Gasteiger partial charge on any atom is -0.466 e. The van der Waals surface area contributed by atoms with Crippen molar-refractivity contribution >= 4 is 24.1 Å². The molecular formula is C27H26F3NO3S. The van der Waals surface area contributed by atoms with Gasteiger partial charge in [0.15, 0.2) is 12.0 Å². The molecule has 0 N–H and O–H groups in total. The van der Waals surface area contributed by atoms with Crippen LogP contribution in [-0.4, -0.2) is 29.5 Å². The molecule has 0 saturated carbocycles. The van der Waals surface area contributed by atoms with Gasteiger partial charge in [-0.2, -0.15) is 13.2 Å². The second-order valence-electron chi connectivity index (χ2n) is 8.47. The summed E-state index contributed by atoms with van der Waals surface area (Å²) in [6.07, 6.45) is 12.3. The summed E-state index contributed by atoms with van der Waals surface area (Å²) in [5.74, 6) is -0.237. The highest BCUT2D eigenvalue weighted by atomic mass is 32.2. The fourth-order valence-corrected chi connectivity index (χ4v) is 4.84. The molecule has 8 heteroatoms. The van der Waals surface area contributed by atoms with Crippen molar-refractivity contribution in [3.63, 3.8) is 0 Å². The predicted molar refractivity (Wildman–Crippen MR) is 132 cm³/mol. The second kappa shape index (κ2) is 10.6. The van der Waals surface area contributed by atoms with Crippen molar-refractivity contribution in [2.75, 3.05) is 7.11 Å². The Balaban J connectivity index is 1.71. The summed E-state index contributed by atoms with van der Waals surface area (Å²) < 4.78 is 47.5. The summed E-state index contributed by atoms with van der Waals surface area (Å²) in [5.41, 5.74) is 0.582. The second-order valence-corrected chi connectivity index (χ2v) is 9.26. The van der Waals surface area contributed by atoms with Gasteiger partial charge in [-0.25, -0.2) is 4.79 Å². The number of benzene rings is 2. The van der Waals surface area contributed by atoms with Crippen LogP contribution in [-0.2, 0) is 16.0 Å². The van der Waals surface area contributed by atoms with E-state index >= 15 is 0 Å². The number of esters is 1. The summed E-state index contributed by atoms with van der Waals surface area (Å²) in [6.45, 7) is 2.13. The fraction of sp³-hybridized carbons (Fsp3) is 0.296. The van der Waals surface area contributed by atoms with E-state index in [-0.39, 0.29) is 17.8 Å². The van der Waals surface area contributed by atoms with Crippen molar-refractivity contribution in [2.24, 2.45) is 0 Å². The molecule has 1 aliphatic carbocycles. The first-order chi connectivity index (χ1) is 16.7. The molecule has 2 aromatic rings. The van der Waals surface area contributed by atoms with Crippen LogP contribution in [0.3, 0.4) is 0 Å². The molecule has 1 unspecified atom stereocenters. The number of hydrogen-bond donors (Lipinski definition) is 0. The Bertz CT molecular complexity index is 1160. The quantitative estimate of drug-likeness (QED) is 0.242. The lowest BCUT2D eigenvalue weighted by Gasteiger charge is -2.45. The highest BCUT2D eigenvalue weighted by Gasteiger charge is 2.35. The van der Waals surface area contributed by atoms with Crippen molar-refractivity contribution in [3.05, 3.63) is 94.7 Å². The minimum atomic E-state index is -4.47. The van der Waals surface area contributed by atoms with E-state index in [2.05, 4.69) is 34.8 Å². The Hall–Kier alpha value is -3.13. The van der Waals surface area contributed by atoms with E-state index in [1.165, 1.54) is 13.2 Å². The number of methoxy groups -OCH3 is 1. The number of nitrogens with zero attached hydrogens (tertiary/aromatic N) is 1. The highest BCUT2D eigenvalue weighted by molar-refractivity contribution is 7.95. The van der Waals surface area contributed by atoms with Crippen LogP contribution in [0.5, 0.6) is 5.75 Å². The molecule has 0 bridgehead atoms. The van der Waals surface area contributed by atoms with Crippen LogP contribution in [0.2, 0.25) is 0 Å². The van der Waals surface area contributed by atoms with Crippen LogP contribution in [0, 0.1) is 0 Å². The maximum atomic E-state index is 12.6. The van der Waals surface area contributed by atoms with E-state index < -0.39 is 23.5 Å². The molecule has 2 aliphatic rings. The first-order valence-corrected chi connectivity index (χ1v) is 12.1. The number of carbonyl (C=O) groups excluding carboxylic acids is 1. The first kappa shape index (κ1) is 25.0. The van der Waals surface area contributed by atoms with Crippen molar-refractivity contribution in [3.8, 4) is 5.75 Å². The van der Waals surface area contributed by atoms with Gasteiger partial charge in [-0.15, -0.1) is 0 Å². The lowest BCUT2D eigenvalue weighted by molar-refractivity contribution is -0.134. The molecule has 0 fully saturated rings. The van der Waals surface area contributed by atoms with Gasteiger partial charge in [0.1, 0.15) is 5.75 Å². The molecule has 0 spiro atoms. The minimum absolute atomic E-state index is 0.117. The molecule has 2 aromatic carbocycles. The van der Waals surface area contributed by atoms with Crippen LogP contribution in [0.25, 0.3) is 6.08 Å². The average molecular weight is 502 g/mol. The zero-order valence-corrected chi connectivity index (χ0v) is 20.2. The zero-order valence-electron chi connectivity index (χ0n) is 19.4. The number of allylic oxidation sites excluding steroid dienone is 3. The van der Waals surface area contributed by atoms with Crippen molar-refractivity contribution in [1.29, 1.82) is 0 Å². The largest absolute Gasteiger partial charge is 0.479 e. The number of halogens is 3. The molecule has 2 atom stereocenters. The molecule has 1 aliphatic heterocycles. The fourth-order valence-electron chi connectivity index (χ4n) is 4.55. The van der Waals surface area contributed by atoms with Crippen LogP contribution < -0.4 is 4.18 Å². The third kappa shape index (κ3) is 6.11. The normalized spacial score (nSPS) is 19.9. The maximum absolute atomic E-state index is 12.6. The van der Waals surface area contributed by atoms with Gasteiger partial charge in [0.25, 0.3) is 0 Å². The van der Waals surface area contributed by atoms with E-state index in [1.54, 1.807) is 18.2 Å². The maximum Gasteiger partial charge on any atom is 0.479 e. The third-order valence-electron chi connectivity index (χ3n) is 6.05. The van der Waals surface area contributed by atoms with E-state index in [1.807, 2.05) is 30.3 Å². The Morgan fingerprint density at radius 3 is 2.57 bits per heavy atom. The molecule has 0 aromatic heterocycles. The number of ether oxygens (including phenoxy) is 1. The SMILES string of the molecule is COC(=O)/C=C/c1ccc(C2c3ccc(OSC(F)(F)F)cc3C[C@@H](C)N2C2=CCCC=C2)cc1. The van der Waals surface area contributed by atoms with Gasteiger partial charge in [-0.05, 0) is 72.7 Å². The van der Waals surface area contributed by atoms with Gasteiger partial charge >= 0.3 is 11.5 Å². The molecule has 0 amide bonds. The third-order valence-corrected chi connectivity index (χ3v) is 6.51. The van der Waals surface area contributed by atoms with Gasteiger partial charge in [-0.3, -0.25) is 0 Å². The van der Waals surface area contributed by atoms with Gasteiger partial charge in [-0.1, -0.05) is 42.5 Å². The highest BCUT2D eigenvalue weighted by Crippen LogP contribution is 2.43. The zero-order chi connectivity index (χ0) is 25.0. The van der Waals surface area contributed by atoms with Crippen molar-refractivity contribution in [2.45, 2.75) is 43.8 Å². The molecule has 4 rings (SSSR count). The van der Waals surface area contributed by atoms with Gasteiger partial charge < -0.3 is 13.8 Å². The molecule has 0 radical (unpaired) electrons. The van der Waals surface area contributed by atoms with Crippen LogP contribution in [0.15, 0.2) is 72.5 Å². The number of carbonyl (C=O) groups is 1. The monoisotopic (exact) mass is 501 g/mol. The van der Waals surface area contributed by atoms with Gasteiger partial charge in [0.2, 0.25) is 0 Å². The molecule has 1 heterocycles. The lowest BCUT2D eigenvalue weighted by atomic mass is 9.84. The average Bonchev–Trinajstić information content (AvgIpc) is 2.85. The molecule has 35 heavy (non-hydrogen) atoms. The summed E-state index contributed by atoms with van der Waals surface area (Å²) in [6, 6.07) is 13.1. The topological polar surface area (TPSA) is 38.8 Å². The number of hydrogen-bond acceptors (Lipinski definition) is 5. The lowest BCUT2D eigenvalue weighted by Crippen LogP contribution is -2.41. The van der Waals surface area contributed by atoms with Crippen molar-refractivity contribution in [1.82, 2.24) is 4.90 Å². The van der Waals surface area contributed by atoms with E-state index in [0.717, 1.165) is 40.8 Å². The summed E-state index contributed by atoms with van der Waals surface area (Å²) in [5, 5.41) is 0. The van der Waals surface area contributed by atoms with Crippen molar-refractivity contribution < 1.29 is 26.9 Å². The standard InChI is InChI=1S/C27H26F3NO3S/c1-18-16-21-17-23(34-35-27(28,29)30)13-14-24(21)26(31(18)22-6-4-3-5-7-22)20-11-8-19(9-12-20)10-15-25(32)33-2/h4,6-15,17-18,26H,3,5,16H2,1-2H3/b15-10+/t18-,26?/m1/s1. The Morgan fingerprint density at radius 2 is 1.91 bits per heavy atom. The van der Waals surface area contributed by atoms with Crippen LogP contribution >= 0.6 is 12.0 Å². The van der Waals surface area contributed by atoms with Crippen LogP contribution in [0.1, 0.15) is 48.1 Å². The number of fused-ring (bicyclic) bond motifs is 1. The van der Waals surface area contributed by atoms with E-state index in [4.69, 9.17) is 4.18 Å². The molecule has 4 nitrogen and oxygen atoms in total. The molecule has 184 valence electrons. The molecule has 0 saturated heterocycles. The summed E-state index contributed by atoms with van der Waals surface area (Å²) in [7, 11) is 1.33. The van der Waals surface area contributed by atoms with Gasteiger partial charge in [0, 0.05) is 17.8 Å². The van der Waals surface area contributed by atoms with Crippen LogP contribution in [0.4, 0.5) is 13.2 Å². The Morgan fingerprint density at radius 1 is 1.14 bits per heavy atom. The van der Waals surface area contributed by atoms with Gasteiger partial charge in [0.05, 0.1) is 13.2 Å². The Labute approximate surface area is 207 Å².